The molecule has 35 heavy (non-hydrogen) atoms. The minimum absolute atomic E-state index is 0.0785. The van der Waals surface area contributed by atoms with Crippen LogP contribution in [0.4, 0.5) is 24.7 Å². The summed E-state index contributed by atoms with van der Waals surface area (Å²) in [5.74, 6) is 0.0533. The van der Waals surface area contributed by atoms with E-state index in [0.717, 1.165) is 15.8 Å². The molecule has 4 rings (SSSR count). The molecule has 2 heterocycles. The number of aryl methyl sites for hydroxylation is 2. The van der Waals surface area contributed by atoms with Gasteiger partial charge in [-0.1, -0.05) is 23.7 Å². The van der Waals surface area contributed by atoms with Gasteiger partial charge in [0.15, 0.2) is 23.2 Å². The van der Waals surface area contributed by atoms with Gasteiger partial charge in [0.1, 0.15) is 10.8 Å². The van der Waals surface area contributed by atoms with Crippen molar-refractivity contribution in [3.8, 4) is 11.5 Å². The number of methoxy groups -OCH3 is 2. The van der Waals surface area contributed by atoms with Crippen LogP contribution < -0.4 is 20.1 Å². The van der Waals surface area contributed by atoms with E-state index in [9.17, 15) is 18.0 Å². The molecule has 2 atom stereocenters. The number of alkyl halides is 3. The minimum atomic E-state index is -4.62. The quantitative estimate of drug-likeness (QED) is 0.436. The Morgan fingerprint density at radius 1 is 1.11 bits per heavy atom. The van der Waals surface area contributed by atoms with Gasteiger partial charge in [-0.25, -0.2) is 4.68 Å². The third kappa shape index (κ3) is 4.75. The van der Waals surface area contributed by atoms with E-state index in [-0.39, 0.29) is 23.0 Å². The third-order valence-electron chi connectivity index (χ3n) is 6.09. The molecule has 2 aromatic carbocycles. The van der Waals surface area contributed by atoms with Crippen molar-refractivity contribution in [3.05, 3.63) is 63.8 Å². The highest BCUT2D eigenvalue weighted by Gasteiger charge is 2.48. The van der Waals surface area contributed by atoms with Crippen LogP contribution in [0.15, 0.2) is 36.4 Å². The Hall–Kier alpha value is -3.40. The number of fused-ring (bicyclic) bond motifs is 1. The van der Waals surface area contributed by atoms with Crippen molar-refractivity contribution >= 4 is 29.0 Å². The highest BCUT2D eigenvalue weighted by molar-refractivity contribution is 6.36. The van der Waals surface area contributed by atoms with Crippen LogP contribution in [0.5, 0.6) is 11.5 Å². The molecule has 1 aliphatic rings. The van der Waals surface area contributed by atoms with Crippen molar-refractivity contribution in [2.75, 3.05) is 24.9 Å². The maximum absolute atomic E-state index is 14.1. The van der Waals surface area contributed by atoms with Crippen molar-refractivity contribution < 1.29 is 27.4 Å². The molecule has 7 nitrogen and oxygen atoms in total. The zero-order valence-electron chi connectivity index (χ0n) is 19.5. The lowest BCUT2D eigenvalue weighted by Crippen LogP contribution is -2.35. The van der Waals surface area contributed by atoms with E-state index >= 15 is 0 Å². The fourth-order valence-electron chi connectivity index (χ4n) is 4.03. The summed E-state index contributed by atoms with van der Waals surface area (Å²) in [5, 5.41) is 9.46. The molecule has 186 valence electrons. The van der Waals surface area contributed by atoms with Gasteiger partial charge in [0.05, 0.1) is 20.3 Å². The Morgan fingerprint density at radius 2 is 1.83 bits per heavy atom. The molecule has 0 aliphatic carbocycles. The second-order valence-corrected chi connectivity index (χ2v) is 8.69. The standard InChI is InChI=1S/C24H24ClF3N4O3/c1-12-5-7-15(9-13(12)2)29-23(33)21-20(25)22-30-16(11-19(24(26,27)28)32(22)31-21)14-6-8-17(34-3)18(10-14)35-4/h5-10,16,19,30H,11H2,1-4H3,(H,29,33). The molecule has 3 aromatic rings. The number of rotatable bonds is 5. The summed E-state index contributed by atoms with van der Waals surface area (Å²) in [7, 11) is 2.92. The summed E-state index contributed by atoms with van der Waals surface area (Å²) >= 11 is 6.42. The second-order valence-electron chi connectivity index (χ2n) is 8.31. The van der Waals surface area contributed by atoms with Crippen molar-refractivity contribution in [2.24, 2.45) is 0 Å². The van der Waals surface area contributed by atoms with E-state index in [2.05, 4.69) is 15.7 Å². The van der Waals surface area contributed by atoms with Gasteiger partial charge < -0.3 is 20.1 Å². The molecular formula is C24H24ClF3N4O3. The lowest BCUT2D eigenvalue weighted by atomic mass is 9.96. The number of carbonyl (C=O) groups excluding carboxylic acids is 1. The van der Waals surface area contributed by atoms with E-state index < -0.39 is 24.2 Å². The van der Waals surface area contributed by atoms with Crippen LogP contribution in [0.3, 0.4) is 0 Å². The van der Waals surface area contributed by atoms with Crippen LogP contribution in [0.25, 0.3) is 0 Å². The molecule has 1 aliphatic heterocycles. The number of benzene rings is 2. The Balaban J connectivity index is 1.70. The number of aromatic nitrogens is 2. The maximum Gasteiger partial charge on any atom is 0.410 e. The molecular weight excluding hydrogens is 485 g/mol. The van der Waals surface area contributed by atoms with Gasteiger partial charge in [-0.2, -0.15) is 18.3 Å². The van der Waals surface area contributed by atoms with Gasteiger partial charge in [0, 0.05) is 12.1 Å². The third-order valence-corrected chi connectivity index (χ3v) is 6.44. The number of anilines is 2. The topological polar surface area (TPSA) is 77.4 Å². The second kappa shape index (κ2) is 9.33. The van der Waals surface area contributed by atoms with Crippen LogP contribution in [-0.2, 0) is 0 Å². The maximum atomic E-state index is 14.1. The Labute approximate surface area is 205 Å². The number of amides is 1. The first-order chi connectivity index (χ1) is 16.5. The fraction of sp³-hybridized carbons (Fsp3) is 0.333. The number of hydrogen-bond donors (Lipinski definition) is 2. The summed E-state index contributed by atoms with van der Waals surface area (Å²) in [6, 6.07) is 7.43. The largest absolute Gasteiger partial charge is 0.493 e. The first kappa shape index (κ1) is 24.7. The molecule has 0 bridgehead atoms. The van der Waals surface area contributed by atoms with Crippen molar-refractivity contribution in [1.82, 2.24) is 9.78 Å². The molecule has 2 N–H and O–H groups in total. The van der Waals surface area contributed by atoms with E-state index in [4.69, 9.17) is 21.1 Å². The number of halogens is 4. The van der Waals surface area contributed by atoms with Crippen LogP contribution in [0.2, 0.25) is 5.02 Å². The number of carbonyl (C=O) groups is 1. The summed E-state index contributed by atoms with van der Waals surface area (Å²) in [6.07, 6.45) is -4.98. The monoisotopic (exact) mass is 508 g/mol. The molecule has 2 unspecified atom stereocenters. The average Bonchev–Trinajstić information content (AvgIpc) is 3.16. The average molecular weight is 509 g/mol. The Kier molecular flexibility index (Phi) is 6.59. The predicted octanol–water partition coefficient (Wildman–Crippen LogP) is 6.08. The number of hydrogen-bond acceptors (Lipinski definition) is 5. The van der Waals surface area contributed by atoms with E-state index in [1.165, 1.54) is 14.2 Å². The van der Waals surface area contributed by atoms with Gasteiger partial charge in [0.2, 0.25) is 0 Å². The molecule has 1 aromatic heterocycles. The summed E-state index contributed by atoms with van der Waals surface area (Å²) < 4.78 is 53.5. The fourth-order valence-corrected chi connectivity index (χ4v) is 4.30. The van der Waals surface area contributed by atoms with Crippen LogP contribution >= 0.6 is 11.6 Å². The Bertz CT molecular complexity index is 1280. The number of nitrogens with zero attached hydrogens (tertiary/aromatic N) is 2. The summed E-state index contributed by atoms with van der Waals surface area (Å²) in [4.78, 5) is 12.9. The minimum Gasteiger partial charge on any atom is -0.493 e. The smallest absolute Gasteiger partial charge is 0.410 e. The first-order valence-corrected chi connectivity index (χ1v) is 11.1. The lowest BCUT2D eigenvalue weighted by Gasteiger charge is -2.33. The molecule has 1 amide bonds. The molecule has 0 radical (unpaired) electrons. The highest BCUT2D eigenvalue weighted by atomic mass is 35.5. The zero-order valence-corrected chi connectivity index (χ0v) is 20.2. The summed E-state index contributed by atoms with van der Waals surface area (Å²) in [5.41, 5.74) is 2.73. The number of ether oxygens (including phenoxy) is 2. The zero-order chi connectivity index (χ0) is 25.5. The van der Waals surface area contributed by atoms with Gasteiger partial charge in [0.25, 0.3) is 5.91 Å². The van der Waals surface area contributed by atoms with Crippen LogP contribution in [-0.4, -0.2) is 36.1 Å². The Morgan fingerprint density at radius 3 is 2.46 bits per heavy atom. The van der Waals surface area contributed by atoms with E-state index in [1.54, 1.807) is 30.3 Å². The predicted molar refractivity (Wildman–Crippen MR) is 127 cm³/mol. The molecule has 11 heteroatoms. The molecule has 0 spiro atoms. The van der Waals surface area contributed by atoms with Crippen LogP contribution in [0, 0.1) is 13.8 Å². The van der Waals surface area contributed by atoms with E-state index in [0.29, 0.717) is 22.7 Å². The SMILES string of the molecule is COc1ccc(C2CC(C(F)(F)F)n3nc(C(=O)Nc4ccc(C)c(C)c4)c(Cl)c3N2)cc1OC. The first-order valence-electron chi connectivity index (χ1n) is 10.7. The lowest BCUT2D eigenvalue weighted by molar-refractivity contribution is -0.173. The normalized spacial score (nSPS) is 17.4. The van der Waals surface area contributed by atoms with Crippen LogP contribution in [0.1, 0.15) is 45.7 Å². The van der Waals surface area contributed by atoms with Gasteiger partial charge in [-0.3, -0.25) is 4.79 Å². The van der Waals surface area contributed by atoms with Crippen molar-refractivity contribution in [2.45, 2.75) is 38.5 Å². The van der Waals surface area contributed by atoms with Crippen molar-refractivity contribution in [3.63, 3.8) is 0 Å². The van der Waals surface area contributed by atoms with Crippen molar-refractivity contribution in [1.29, 1.82) is 0 Å². The molecule has 0 fully saturated rings. The van der Waals surface area contributed by atoms with Gasteiger partial charge in [-0.15, -0.1) is 0 Å². The number of nitrogens with one attached hydrogen (secondary N) is 2. The highest BCUT2D eigenvalue weighted by Crippen LogP contribution is 2.47. The van der Waals surface area contributed by atoms with E-state index in [1.807, 2.05) is 19.9 Å². The molecule has 0 saturated carbocycles. The van der Waals surface area contributed by atoms with Gasteiger partial charge in [-0.05, 0) is 54.8 Å². The van der Waals surface area contributed by atoms with Gasteiger partial charge >= 0.3 is 6.18 Å². The summed E-state index contributed by atoms with van der Waals surface area (Å²) in [6.45, 7) is 3.82. The molecule has 0 saturated heterocycles.